The Kier molecular flexibility index (Phi) is 9.14. The fourth-order valence-corrected chi connectivity index (χ4v) is 3.73. The van der Waals surface area contributed by atoms with E-state index in [0.29, 0.717) is 11.5 Å². The lowest BCUT2D eigenvalue weighted by molar-refractivity contribution is 0.174. The highest BCUT2D eigenvalue weighted by Crippen LogP contribution is 2.48. The number of para-hydroxylation sites is 2. The number of aliphatic imine (C=N–C) groups is 1. The molecule has 0 spiro atoms. The molecule has 158 valence electrons. The molecule has 7 heteroatoms. The number of hydrogen-bond donors (Lipinski definition) is 2. The lowest BCUT2D eigenvalue weighted by atomic mass is 10.0. The van der Waals surface area contributed by atoms with Gasteiger partial charge in [0.05, 0.1) is 12.8 Å². The molecule has 2 N–H and O–H groups in total. The van der Waals surface area contributed by atoms with Crippen molar-refractivity contribution in [3.63, 3.8) is 0 Å². The number of rotatable bonds is 9. The van der Waals surface area contributed by atoms with Crippen LogP contribution in [0.4, 0.5) is 5.69 Å². The first-order chi connectivity index (χ1) is 13.2. The van der Waals surface area contributed by atoms with Crippen molar-refractivity contribution in [3.05, 3.63) is 24.3 Å². The summed E-state index contributed by atoms with van der Waals surface area (Å²) >= 11 is 0. The van der Waals surface area contributed by atoms with Gasteiger partial charge < -0.3 is 25.0 Å². The number of halogens is 1. The number of benzene rings is 1. The first-order valence-electron chi connectivity index (χ1n) is 10.1. The molecule has 1 saturated heterocycles. The summed E-state index contributed by atoms with van der Waals surface area (Å²) in [7, 11) is 3.51. The minimum atomic E-state index is 0. The van der Waals surface area contributed by atoms with Gasteiger partial charge in [0, 0.05) is 45.9 Å². The monoisotopic (exact) mass is 502 g/mol. The summed E-state index contributed by atoms with van der Waals surface area (Å²) in [6.45, 7) is 6.68. The van der Waals surface area contributed by atoms with Crippen LogP contribution >= 0.6 is 24.0 Å². The lowest BCUT2D eigenvalue weighted by Crippen LogP contribution is -2.45. The largest absolute Gasteiger partial charge is 0.495 e. The van der Waals surface area contributed by atoms with Crippen LogP contribution in [-0.4, -0.2) is 59.0 Å². The van der Waals surface area contributed by atoms with E-state index in [2.05, 4.69) is 34.6 Å². The van der Waals surface area contributed by atoms with E-state index >= 15 is 0 Å². The van der Waals surface area contributed by atoms with Crippen molar-refractivity contribution in [2.24, 2.45) is 10.4 Å². The average molecular weight is 502 g/mol. The Morgan fingerprint density at radius 2 is 2.07 bits per heavy atom. The summed E-state index contributed by atoms with van der Waals surface area (Å²) in [5.41, 5.74) is 1.54. The fraction of sp³-hybridized carbons (Fsp3) is 0.667. The van der Waals surface area contributed by atoms with Crippen molar-refractivity contribution >= 4 is 35.6 Å². The summed E-state index contributed by atoms with van der Waals surface area (Å²) in [5, 5.41) is 7.04. The van der Waals surface area contributed by atoms with E-state index in [1.807, 2.05) is 12.1 Å². The zero-order chi connectivity index (χ0) is 19.1. The van der Waals surface area contributed by atoms with E-state index in [1.54, 1.807) is 14.2 Å². The summed E-state index contributed by atoms with van der Waals surface area (Å²) < 4.78 is 10.8. The number of anilines is 1. The zero-order valence-electron chi connectivity index (χ0n) is 17.4. The Morgan fingerprint density at radius 1 is 1.29 bits per heavy atom. The zero-order valence-corrected chi connectivity index (χ0v) is 19.7. The molecular weight excluding hydrogens is 467 g/mol. The van der Waals surface area contributed by atoms with Gasteiger partial charge >= 0.3 is 0 Å². The number of hydrogen-bond acceptors (Lipinski definition) is 4. The van der Waals surface area contributed by atoms with Crippen molar-refractivity contribution < 1.29 is 9.47 Å². The molecule has 2 fully saturated rings. The summed E-state index contributed by atoms with van der Waals surface area (Å²) in [6.07, 6.45) is 4.74. The molecule has 1 aromatic rings. The standard InChI is InChI=1S/C21H34N4O2.HI/c1-4-22-20(23-16-21(10-11-21)12-14-26-2)24-17-9-13-25(15-17)18-7-5-6-8-19(18)27-3;/h5-8,17H,4,9-16H2,1-3H3,(H2,22,23,24);1H. The number of guanidine groups is 1. The van der Waals surface area contributed by atoms with Gasteiger partial charge in [0.2, 0.25) is 0 Å². The fourth-order valence-electron chi connectivity index (χ4n) is 3.73. The quantitative estimate of drug-likeness (QED) is 0.309. The molecule has 1 aliphatic heterocycles. The Hall–Kier alpha value is -1.22. The van der Waals surface area contributed by atoms with Crippen LogP contribution in [0, 0.1) is 5.41 Å². The van der Waals surface area contributed by atoms with Crippen molar-refractivity contribution in [2.75, 3.05) is 51.9 Å². The van der Waals surface area contributed by atoms with E-state index in [4.69, 9.17) is 14.5 Å². The number of nitrogens with one attached hydrogen (secondary N) is 2. The number of nitrogens with zero attached hydrogens (tertiary/aromatic N) is 2. The molecule has 1 unspecified atom stereocenters. The van der Waals surface area contributed by atoms with Gasteiger partial charge in [0.1, 0.15) is 5.75 Å². The molecule has 0 aromatic heterocycles. The molecule has 1 aromatic carbocycles. The van der Waals surface area contributed by atoms with Gasteiger partial charge in [0.15, 0.2) is 5.96 Å². The van der Waals surface area contributed by atoms with Crippen LogP contribution in [-0.2, 0) is 4.74 Å². The number of methoxy groups -OCH3 is 2. The Bertz CT molecular complexity index is 637. The van der Waals surface area contributed by atoms with E-state index in [9.17, 15) is 0 Å². The molecule has 3 rings (SSSR count). The molecule has 2 aliphatic rings. The maximum Gasteiger partial charge on any atom is 0.191 e. The Balaban J connectivity index is 0.00000280. The van der Waals surface area contributed by atoms with E-state index in [0.717, 1.165) is 57.3 Å². The second kappa shape index (κ2) is 11.1. The predicted octanol–water partition coefficient (Wildman–Crippen LogP) is 3.26. The highest BCUT2D eigenvalue weighted by atomic mass is 127. The molecule has 1 heterocycles. The lowest BCUT2D eigenvalue weighted by Gasteiger charge is -2.22. The molecular formula is C21H35IN4O2. The minimum Gasteiger partial charge on any atom is -0.495 e. The maximum absolute atomic E-state index is 5.52. The first kappa shape index (κ1) is 23.1. The van der Waals surface area contributed by atoms with Gasteiger partial charge in [-0.25, -0.2) is 0 Å². The van der Waals surface area contributed by atoms with Gasteiger partial charge in [-0.05, 0) is 50.2 Å². The highest BCUT2D eigenvalue weighted by molar-refractivity contribution is 14.0. The molecule has 28 heavy (non-hydrogen) atoms. The maximum atomic E-state index is 5.52. The van der Waals surface area contributed by atoms with Crippen LogP contribution in [0.15, 0.2) is 29.3 Å². The molecule has 0 radical (unpaired) electrons. The molecule has 1 atom stereocenters. The highest BCUT2D eigenvalue weighted by Gasteiger charge is 2.41. The third kappa shape index (κ3) is 6.14. The van der Waals surface area contributed by atoms with Crippen LogP contribution < -0.4 is 20.3 Å². The van der Waals surface area contributed by atoms with Gasteiger partial charge in [-0.1, -0.05) is 12.1 Å². The SMILES string of the molecule is CCNC(=NCC1(CCOC)CC1)NC1CCN(c2ccccc2OC)C1.I. The normalized spacial score (nSPS) is 20.5. The van der Waals surface area contributed by atoms with Gasteiger partial charge in [-0.15, -0.1) is 24.0 Å². The van der Waals surface area contributed by atoms with Gasteiger partial charge in [-0.2, -0.15) is 0 Å². The van der Waals surface area contributed by atoms with Gasteiger partial charge in [-0.3, -0.25) is 4.99 Å². The minimum absolute atomic E-state index is 0. The second-order valence-electron chi connectivity index (χ2n) is 7.69. The van der Waals surface area contributed by atoms with E-state index in [-0.39, 0.29) is 24.0 Å². The van der Waals surface area contributed by atoms with Crippen LogP contribution in [0.5, 0.6) is 5.75 Å². The number of ether oxygens (including phenoxy) is 2. The molecule has 1 aliphatic carbocycles. The van der Waals surface area contributed by atoms with Gasteiger partial charge in [0.25, 0.3) is 0 Å². The Morgan fingerprint density at radius 3 is 2.75 bits per heavy atom. The summed E-state index contributed by atoms with van der Waals surface area (Å²) in [6, 6.07) is 8.63. The first-order valence-corrected chi connectivity index (χ1v) is 10.1. The topological polar surface area (TPSA) is 58.1 Å². The Labute approximate surface area is 186 Å². The van der Waals surface area contributed by atoms with Crippen LogP contribution in [0.3, 0.4) is 0 Å². The summed E-state index contributed by atoms with van der Waals surface area (Å²) in [4.78, 5) is 7.28. The van der Waals surface area contributed by atoms with Crippen molar-refractivity contribution in [2.45, 2.75) is 38.6 Å². The van der Waals surface area contributed by atoms with Crippen molar-refractivity contribution in [3.8, 4) is 5.75 Å². The van der Waals surface area contributed by atoms with Crippen molar-refractivity contribution in [1.82, 2.24) is 10.6 Å². The third-order valence-corrected chi connectivity index (χ3v) is 5.67. The molecule has 0 amide bonds. The molecule has 1 saturated carbocycles. The third-order valence-electron chi connectivity index (χ3n) is 5.67. The van der Waals surface area contributed by atoms with Crippen LogP contribution in [0.25, 0.3) is 0 Å². The molecule has 0 bridgehead atoms. The summed E-state index contributed by atoms with van der Waals surface area (Å²) in [5.74, 6) is 1.88. The van der Waals surface area contributed by atoms with Crippen LogP contribution in [0.1, 0.15) is 32.6 Å². The van der Waals surface area contributed by atoms with Crippen LogP contribution in [0.2, 0.25) is 0 Å². The van der Waals surface area contributed by atoms with E-state index in [1.165, 1.54) is 18.5 Å². The predicted molar refractivity (Wildman–Crippen MR) is 126 cm³/mol. The van der Waals surface area contributed by atoms with Crippen molar-refractivity contribution in [1.29, 1.82) is 0 Å². The second-order valence-corrected chi connectivity index (χ2v) is 7.69. The average Bonchev–Trinajstić information content (AvgIpc) is 3.33. The van der Waals surface area contributed by atoms with E-state index < -0.39 is 0 Å². The smallest absolute Gasteiger partial charge is 0.191 e. The molecule has 6 nitrogen and oxygen atoms in total.